The lowest BCUT2D eigenvalue weighted by Crippen LogP contribution is -2.29. The Morgan fingerprint density at radius 3 is 2.72 bits per heavy atom. The van der Waals surface area contributed by atoms with Gasteiger partial charge in [-0.3, -0.25) is 9.59 Å². The molecule has 0 fully saturated rings. The number of benzene rings is 1. The second-order valence-electron chi connectivity index (χ2n) is 4.43. The second kappa shape index (κ2) is 6.05. The fourth-order valence-electron chi connectivity index (χ4n) is 1.63. The first-order valence-electron chi connectivity index (χ1n) is 5.77. The van der Waals surface area contributed by atoms with Crippen molar-refractivity contribution >= 4 is 17.6 Å². The van der Waals surface area contributed by atoms with Gasteiger partial charge in [0.15, 0.2) is 0 Å². The van der Waals surface area contributed by atoms with E-state index in [1.54, 1.807) is 32.0 Å². The topological polar surface area (TPSA) is 92.4 Å². The minimum absolute atomic E-state index is 0.0379. The summed E-state index contributed by atoms with van der Waals surface area (Å²) in [6, 6.07) is 5.15. The highest BCUT2D eigenvalue weighted by atomic mass is 16.4. The molecule has 0 heterocycles. The number of aliphatic carboxylic acids is 1. The van der Waals surface area contributed by atoms with Crippen molar-refractivity contribution in [2.24, 2.45) is 5.92 Å². The number of carboxylic acids is 1. The van der Waals surface area contributed by atoms with Crippen LogP contribution in [-0.2, 0) is 4.79 Å². The van der Waals surface area contributed by atoms with E-state index in [0.717, 1.165) is 5.56 Å². The molecular formula is C13H18N2O3. The Kier molecular flexibility index (Phi) is 4.71. The molecule has 0 saturated heterocycles. The van der Waals surface area contributed by atoms with E-state index in [4.69, 9.17) is 10.8 Å². The van der Waals surface area contributed by atoms with Gasteiger partial charge in [-0.2, -0.15) is 0 Å². The number of nitrogen functional groups attached to an aromatic ring is 1. The first kappa shape index (κ1) is 14.0. The third kappa shape index (κ3) is 3.76. The summed E-state index contributed by atoms with van der Waals surface area (Å²) in [6.45, 7) is 3.89. The average molecular weight is 250 g/mol. The largest absolute Gasteiger partial charge is 0.481 e. The zero-order valence-corrected chi connectivity index (χ0v) is 10.6. The Labute approximate surface area is 106 Å². The standard InChI is InChI=1S/C13H18N2O3/c1-8(6-12(16)17)7-15-13(18)10-4-3-5-11(14)9(10)2/h3-5,8H,6-7,14H2,1-2H3,(H,15,18)(H,16,17). The number of carboxylic acid groups (broad SMARTS) is 1. The fraction of sp³-hybridized carbons (Fsp3) is 0.385. The molecule has 1 rings (SSSR count). The van der Waals surface area contributed by atoms with E-state index >= 15 is 0 Å². The van der Waals surface area contributed by atoms with Gasteiger partial charge >= 0.3 is 5.97 Å². The fourth-order valence-corrected chi connectivity index (χ4v) is 1.63. The minimum Gasteiger partial charge on any atom is -0.481 e. The quantitative estimate of drug-likeness (QED) is 0.689. The number of rotatable bonds is 5. The van der Waals surface area contributed by atoms with E-state index in [2.05, 4.69) is 5.32 Å². The Bertz CT molecular complexity index is 458. The molecule has 1 unspecified atom stereocenters. The summed E-state index contributed by atoms with van der Waals surface area (Å²) >= 11 is 0. The molecule has 5 nitrogen and oxygen atoms in total. The van der Waals surface area contributed by atoms with Crippen molar-refractivity contribution in [3.8, 4) is 0 Å². The van der Waals surface area contributed by atoms with Crippen molar-refractivity contribution in [3.63, 3.8) is 0 Å². The van der Waals surface area contributed by atoms with Crippen molar-refractivity contribution in [3.05, 3.63) is 29.3 Å². The monoisotopic (exact) mass is 250 g/mol. The molecule has 1 amide bonds. The van der Waals surface area contributed by atoms with Gasteiger partial charge in [-0.15, -0.1) is 0 Å². The number of nitrogens with one attached hydrogen (secondary N) is 1. The molecule has 1 aromatic carbocycles. The molecule has 0 aliphatic heterocycles. The highest BCUT2D eigenvalue weighted by Gasteiger charge is 2.13. The minimum atomic E-state index is -0.864. The lowest BCUT2D eigenvalue weighted by molar-refractivity contribution is -0.137. The van der Waals surface area contributed by atoms with Gasteiger partial charge in [-0.05, 0) is 30.5 Å². The summed E-state index contributed by atoms with van der Waals surface area (Å²) in [5.74, 6) is -1.19. The van der Waals surface area contributed by atoms with Crippen LogP contribution in [0.3, 0.4) is 0 Å². The molecule has 0 aliphatic carbocycles. The predicted octanol–water partition coefficient (Wildman–Crippen LogP) is 1.42. The van der Waals surface area contributed by atoms with Gasteiger partial charge in [-0.1, -0.05) is 13.0 Å². The maximum absolute atomic E-state index is 11.9. The molecule has 1 atom stereocenters. The van der Waals surface area contributed by atoms with Gasteiger partial charge in [0, 0.05) is 24.2 Å². The van der Waals surface area contributed by atoms with Crippen LogP contribution in [0.4, 0.5) is 5.69 Å². The van der Waals surface area contributed by atoms with Crippen LogP contribution in [-0.4, -0.2) is 23.5 Å². The first-order valence-corrected chi connectivity index (χ1v) is 5.77. The van der Waals surface area contributed by atoms with Gasteiger partial charge in [0.1, 0.15) is 0 Å². The molecule has 1 aromatic rings. The Balaban J connectivity index is 2.61. The molecule has 18 heavy (non-hydrogen) atoms. The van der Waals surface area contributed by atoms with Crippen LogP contribution in [0.1, 0.15) is 29.3 Å². The van der Waals surface area contributed by atoms with Crippen LogP contribution in [0.25, 0.3) is 0 Å². The van der Waals surface area contributed by atoms with Crippen molar-refractivity contribution < 1.29 is 14.7 Å². The van der Waals surface area contributed by atoms with Gasteiger partial charge < -0.3 is 16.2 Å². The summed E-state index contributed by atoms with van der Waals surface area (Å²) < 4.78 is 0. The summed E-state index contributed by atoms with van der Waals surface area (Å²) in [5, 5.41) is 11.3. The maximum Gasteiger partial charge on any atom is 0.303 e. The molecular weight excluding hydrogens is 232 g/mol. The van der Waals surface area contributed by atoms with Gasteiger partial charge in [-0.25, -0.2) is 0 Å². The first-order chi connectivity index (χ1) is 8.41. The van der Waals surface area contributed by atoms with Crippen molar-refractivity contribution in [1.29, 1.82) is 0 Å². The molecule has 0 bridgehead atoms. The highest BCUT2D eigenvalue weighted by Crippen LogP contribution is 2.15. The SMILES string of the molecule is Cc1c(N)cccc1C(=O)NCC(C)CC(=O)O. The molecule has 0 spiro atoms. The normalized spacial score (nSPS) is 11.9. The molecule has 0 radical (unpaired) electrons. The predicted molar refractivity (Wildman–Crippen MR) is 69.3 cm³/mol. The summed E-state index contributed by atoms with van der Waals surface area (Å²) in [4.78, 5) is 22.4. The molecule has 0 saturated carbocycles. The number of hydrogen-bond donors (Lipinski definition) is 3. The number of carbonyl (C=O) groups is 2. The van der Waals surface area contributed by atoms with Crippen LogP contribution in [0.2, 0.25) is 0 Å². The third-order valence-electron chi connectivity index (χ3n) is 2.75. The average Bonchev–Trinajstić information content (AvgIpc) is 2.29. The van der Waals surface area contributed by atoms with Crippen molar-refractivity contribution in [2.45, 2.75) is 20.3 Å². The van der Waals surface area contributed by atoms with Crippen LogP contribution < -0.4 is 11.1 Å². The van der Waals surface area contributed by atoms with Crippen LogP contribution in [0, 0.1) is 12.8 Å². The van der Waals surface area contributed by atoms with Gasteiger partial charge in [0.25, 0.3) is 5.91 Å². The van der Waals surface area contributed by atoms with Crippen molar-refractivity contribution in [2.75, 3.05) is 12.3 Å². The number of amides is 1. The number of anilines is 1. The summed E-state index contributed by atoms with van der Waals surface area (Å²) in [6.07, 6.45) is 0.0379. The van der Waals surface area contributed by atoms with Gasteiger partial charge in [0.05, 0.1) is 0 Å². The number of hydrogen-bond acceptors (Lipinski definition) is 3. The van der Waals surface area contributed by atoms with E-state index in [1.807, 2.05) is 0 Å². The van der Waals surface area contributed by atoms with E-state index in [-0.39, 0.29) is 18.2 Å². The zero-order valence-electron chi connectivity index (χ0n) is 10.6. The summed E-state index contributed by atoms with van der Waals surface area (Å²) in [7, 11) is 0. The van der Waals surface area contributed by atoms with E-state index < -0.39 is 5.97 Å². The number of carbonyl (C=O) groups excluding carboxylic acids is 1. The Morgan fingerprint density at radius 1 is 1.44 bits per heavy atom. The third-order valence-corrected chi connectivity index (χ3v) is 2.75. The second-order valence-corrected chi connectivity index (χ2v) is 4.43. The molecule has 98 valence electrons. The molecule has 0 aromatic heterocycles. The van der Waals surface area contributed by atoms with Crippen LogP contribution in [0.15, 0.2) is 18.2 Å². The summed E-state index contributed by atoms with van der Waals surface area (Å²) in [5.41, 5.74) is 7.56. The maximum atomic E-state index is 11.9. The van der Waals surface area contributed by atoms with E-state index in [1.165, 1.54) is 0 Å². The number of nitrogens with two attached hydrogens (primary N) is 1. The molecule has 0 aliphatic rings. The highest BCUT2D eigenvalue weighted by molar-refractivity contribution is 5.96. The van der Waals surface area contributed by atoms with Crippen LogP contribution >= 0.6 is 0 Å². The molecule has 4 N–H and O–H groups in total. The smallest absolute Gasteiger partial charge is 0.303 e. The van der Waals surface area contributed by atoms with Gasteiger partial charge in [0.2, 0.25) is 0 Å². The van der Waals surface area contributed by atoms with Crippen LogP contribution in [0.5, 0.6) is 0 Å². The zero-order chi connectivity index (χ0) is 13.7. The Morgan fingerprint density at radius 2 is 2.11 bits per heavy atom. The molecule has 5 heteroatoms. The van der Waals surface area contributed by atoms with E-state index in [0.29, 0.717) is 17.8 Å². The Hall–Kier alpha value is -2.04. The van der Waals surface area contributed by atoms with Crippen molar-refractivity contribution in [1.82, 2.24) is 5.32 Å². The lowest BCUT2D eigenvalue weighted by Gasteiger charge is -2.12. The van der Waals surface area contributed by atoms with E-state index in [9.17, 15) is 9.59 Å². The lowest BCUT2D eigenvalue weighted by atomic mass is 10.1.